The molecule has 110 valence electrons. The number of fused-ring (bicyclic) bond motifs is 1. The Bertz CT molecular complexity index is 648. The Morgan fingerprint density at radius 3 is 2.95 bits per heavy atom. The SMILES string of the molecule is COCCNCC(C)n1cnc2sc(C)c(C)c2c1=O. The first-order valence-corrected chi connectivity index (χ1v) is 7.54. The first-order chi connectivity index (χ1) is 9.56. The fraction of sp³-hybridized carbons (Fsp3) is 0.571. The molecular formula is C14H21N3O2S. The fourth-order valence-corrected chi connectivity index (χ4v) is 3.13. The lowest BCUT2D eigenvalue weighted by Crippen LogP contribution is -2.32. The van der Waals surface area contributed by atoms with Gasteiger partial charge in [0.2, 0.25) is 0 Å². The van der Waals surface area contributed by atoms with Crippen molar-refractivity contribution in [3.05, 3.63) is 27.1 Å². The summed E-state index contributed by atoms with van der Waals surface area (Å²) in [5.41, 5.74) is 1.11. The molecule has 0 aliphatic carbocycles. The quantitative estimate of drug-likeness (QED) is 0.827. The third-order valence-electron chi connectivity index (χ3n) is 3.51. The van der Waals surface area contributed by atoms with Gasteiger partial charge in [-0.05, 0) is 26.3 Å². The molecule has 0 amide bonds. The topological polar surface area (TPSA) is 56.1 Å². The van der Waals surface area contributed by atoms with E-state index in [0.29, 0.717) is 6.61 Å². The lowest BCUT2D eigenvalue weighted by Gasteiger charge is -2.15. The van der Waals surface area contributed by atoms with Crippen molar-refractivity contribution in [3.8, 4) is 0 Å². The maximum absolute atomic E-state index is 12.6. The molecule has 0 aliphatic heterocycles. The molecule has 0 aromatic carbocycles. The van der Waals surface area contributed by atoms with E-state index < -0.39 is 0 Å². The Labute approximate surface area is 122 Å². The third kappa shape index (κ3) is 2.92. The molecule has 6 heteroatoms. The van der Waals surface area contributed by atoms with Gasteiger partial charge >= 0.3 is 0 Å². The van der Waals surface area contributed by atoms with Crippen molar-refractivity contribution in [1.29, 1.82) is 0 Å². The summed E-state index contributed by atoms with van der Waals surface area (Å²) >= 11 is 1.58. The Morgan fingerprint density at radius 2 is 2.25 bits per heavy atom. The van der Waals surface area contributed by atoms with Gasteiger partial charge in [0.15, 0.2) is 0 Å². The van der Waals surface area contributed by atoms with Gasteiger partial charge in [0.25, 0.3) is 5.56 Å². The third-order valence-corrected chi connectivity index (χ3v) is 4.63. The maximum Gasteiger partial charge on any atom is 0.262 e. The Kier molecular flexibility index (Phi) is 4.91. The lowest BCUT2D eigenvalue weighted by atomic mass is 10.2. The summed E-state index contributed by atoms with van der Waals surface area (Å²) in [4.78, 5) is 19.0. The second-order valence-corrected chi connectivity index (χ2v) is 6.17. The Morgan fingerprint density at radius 1 is 1.50 bits per heavy atom. The smallest absolute Gasteiger partial charge is 0.262 e. The summed E-state index contributed by atoms with van der Waals surface area (Å²) in [6, 6.07) is 0.0656. The van der Waals surface area contributed by atoms with E-state index in [2.05, 4.69) is 10.3 Å². The van der Waals surface area contributed by atoms with Gasteiger partial charge < -0.3 is 10.1 Å². The molecule has 0 saturated carbocycles. The predicted octanol–water partition coefficient (Wildman–Crippen LogP) is 1.87. The zero-order valence-electron chi connectivity index (χ0n) is 12.4. The highest BCUT2D eigenvalue weighted by atomic mass is 32.1. The highest BCUT2D eigenvalue weighted by molar-refractivity contribution is 7.18. The minimum Gasteiger partial charge on any atom is -0.383 e. The van der Waals surface area contributed by atoms with Gasteiger partial charge in [-0.15, -0.1) is 11.3 Å². The highest BCUT2D eigenvalue weighted by Gasteiger charge is 2.14. The number of ether oxygens (including phenoxy) is 1. The van der Waals surface area contributed by atoms with Gasteiger partial charge in [0.05, 0.1) is 18.3 Å². The van der Waals surface area contributed by atoms with E-state index in [1.807, 2.05) is 20.8 Å². The molecular weight excluding hydrogens is 274 g/mol. The standard InChI is InChI=1S/C14H21N3O2S/c1-9(7-15-5-6-19-4)17-8-16-13-12(14(17)18)10(2)11(3)20-13/h8-9,15H,5-7H2,1-4H3. The number of aromatic nitrogens is 2. The maximum atomic E-state index is 12.6. The van der Waals surface area contributed by atoms with Crippen LogP contribution in [-0.2, 0) is 4.74 Å². The summed E-state index contributed by atoms with van der Waals surface area (Å²) < 4.78 is 6.70. The van der Waals surface area contributed by atoms with Crippen molar-refractivity contribution in [2.24, 2.45) is 0 Å². The summed E-state index contributed by atoms with van der Waals surface area (Å²) in [7, 11) is 1.68. The molecule has 1 N–H and O–H groups in total. The second kappa shape index (κ2) is 6.47. The average molecular weight is 295 g/mol. The van der Waals surface area contributed by atoms with E-state index in [1.165, 1.54) is 0 Å². The van der Waals surface area contributed by atoms with Crippen LogP contribution in [0.5, 0.6) is 0 Å². The van der Waals surface area contributed by atoms with E-state index in [4.69, 9.17) is 4.74 Å². The largest absolute Gasteiger partial charge is 0.383 e. The van der Waals surface area contributed by atoms with Crippen LogP contribution in [0.3, 0.4) is 0 Å². The lowest BCUT2D eigenvalue weighted by molar-refractivity contribution is 0.198. The molecule has 20 heavy (non-hydrogen) atoms. The van der Waals surface area contributed by atoms with E-state index in [1.54, 1.807) is 29.3 Å². The molecule has 0 fully saturated rings. The van der Waals surface area contributed by atoms with Crippen LogP contribution < -0.4 is 10.9 Å². The molecule has 0 aliphatic rings. The van der Waals surface area contributed by atoms with Crippen LogP contribution in [0, 0.1) is 13.8 Å². The molecule has 5 nitrogen and oxygen atoms in total. The van der Waals surface area contributed by atoms with Gasteiger partial charge in [-0.1, -0.05) is 0 Å². The van der Waals surface area contributed by atoms with Crippen LogP contribution in [0.1, 0.15) is 23.4 Å². The predicted molar refractivity (Wildman–Crippen MR) is 82.8 cm³/mol. The van der Waals surface area contributed by atoms with Gasteiger partial charge in [-0.3, -0.25) is 9.36 Å². The van der Waals surface area contributed by atoms with Gasteiger partial charge in [-0.25, -0.2) is 4.98 Å². The number of aryl methyl sites for hydroxylation is 2. The van der Waals surface area contributed by atoms with Crippen LogP contribution in [0.25, 0.3) is 10.2 Å². The van der Waals surface area contributed by atoms with E-state index >= 15 is 0 Å². The molecule has 2 aromatic rings. The minimum atomic E-state index is 0.0536. The summed E-state index contributed by atoms with van der Waals surface area (Å²) in [5.74, 6) is 0. The zero-order valence-corrected chi connectivity index (χ0v) is 13.2. The summed E-state index contributed by atoms with van der Waals surface area (Å²) in [6.07, 6.45) is 1.66. The molecule has 1 atom stereocenters. The van der Waals surface area contributed by atoms with Crippen molar-refractivity contribution in [3.63, 3.8) is 0 Å². The number of hydrogen-bond acceptors (Lipinski definition) is 5. The van der Waals surface area contributed by atoms with Crippen molar-refractivity contribution >= 4 is 21.6 Å². The minimum absolute atomic E-state index is 0.0536. The van der Waals surface area contributed by atoms with Crippen LogP contribution in [-0.4, -0.2) is 36.4 Å². The molecule has 2 rings (SSSR count). The van der Waals surface area contributed by atoms with E-state index in [0.717, 1.165) is 33.7 Å². The van der Waals surface area contributed by atoms with Crippen LogP contribution in [0.4, 0.5) is 0 Å². The molecule has 2 heterocycles. The van der Waals surface area contributed by atoms with Crippen molar-refractivity contribution in [2.45, 2.75) is 26.8 Å². The normalized spacial score (nSPS) is 13.0. The molecule has 1 unspecified atom stereocenters. The van der Waals surface area contributed by atoms with Gasteiger partial charge in [-0.2, -0.15) is 0 Å². The van der Waals surface area contributed by atoms with Crippen LogP contribution >= 0.6 is 11.3 Å². The van der Waals surface area contributed by atoms with Crippen LogP contribution in [0.15, 0.2) is 11.1 Å². The van der Waals surface area contributed by atoms with Crippen molar-refractivity contribution in [2.75, 3.05) is 26.8 Å². The monoisotopic (exact) mass is 295 g/mol. The first-order valence-electron chi connectivity index (χ1n) is 6.72. The van der Waals surface area contributed by atoms with Gasteiger partial charge in [0.1, 0.15) is 4.83 Å². The fourth-order valence-electron chi connectivity index (χ4n) is 2.15. The van der Waals surface area contributed by atoms with E-state index in [-0.39, 0.29) is 11.6 Å². The Balaban J connectivity index is 2.24. The van der Waals surface area contributed by atoms with Crippen LogP contribution in [0.2, 0.25) is 0 Å². The summed E-state index contributed by atoms with van der Waals surface area (Å²) in [6.45, 7) is 8.20. The molecule has 0 spiro atoms. The second-order valence-electron chi connectivity index (χ2n) is 4.97. The number of hydrogen-bond donors (Lipinski definition) is 1. The van der Waals surface area contributed by atoms with Crippen molar-refractivity contribution < 1.29 is 4.74 Å². The molecule has 0 radical (unpaired) electrons. The molecule has 0 bridgehead atoms. The number of nitrogens with one attached hydrogen (secondary N) is 1. The number of rotatable bonds is 6. The van der Waals surface area contributed by atoms with Gasteiger partial charge in [0, 0.05) is 31.1 Å². The number of methoxy groups -OCH3 is 1. The number of nitrogens with zero attached hydrogens (tertiary/aromatic N) is 2. The first kappa shape index (κ1) is 15.2. The summed E-state index contributed by atoms with van der Waals surface area (Å²) in [5, 5.41) is 4.03. The van der Waals surface area contributed by atoms with E-state index in [9.17, 15) is 4.79 Å². The number of thiophene rings is 1. The van der Waals surface area contributed by atoms with Crippen molar-refractivity contribution in [1.82, 2.24) is 14.9 Å². The zero-order chi connectivity index (χ0) is 14.7. The highest BCUT2D eigenvalue weighted by Crippen LogP contribution is 2.25. The molecule has 0 saturated heterocycles. The molecule has 2 aromatic heterocycles. The Hall–Kier alpha value is -1.24. The average Bonchev–Trinajstić information content (AvgIpc) is 2.71.